The molecule has 1 N–H and O–H groups in total. The van der Waals surface area contributed by atoms with Gasteiger partial charge in [-0.1, -0.05) is 32.0 Å². The van der Waals surface area contributed by atoms with E-state index >= 15 is 0 Å². The predicted octanol–water partition coefficient (Wildman–Crippen LogP) is 5.63. The number of ether oxygens (including phenoxy) is 1. The van der Waals surface area contributed by atoms with E-state index in [9.17, 15) is 23.2 Å². The number of carbonyl (C=O) groups excluding carboxylic acids is 3. The average Bonchev–Trinajstić information content (AvgIpc) is 3.30. The summed E-state index contributed by atoms with van der Waals surface area (Å²) >= 11 is 0. The van der Waals surface area contributed by atoms with Crippen LogP contribution in [-0.2, 0) is 14.3 Å². The number of carbonyl (C=O) groups is 3. The lowest BCUT2D eigenvalue weighted by molar-refractivity contribution is -0.129. The van der Waals surface area contributed by atoms with Gasteiger partial charge in [0.25, 0.3) is 0 Å². The second kappa shape index (κ2) is 12.5. The molecule has 1 atom stereocenters. The molecule has 38 heavy (non-hydrogen) atoms. The number of nitrogens with one attached hydrogen (secondary N) is 1. The summed E-state index contributed by atoms with van der Waals surface area (Å²) in [7, 11) is 0. The minimum Gasteiger partial charge on any atom is -0.446 e. The van der Waals surface area contributed by atoms with Gasteiger partial charge in [0.15, 0.2) is 11.6 Å². The van der Waals surface area contributed by atoms with Crippen LogP contribution in [0.1, 0.15) is 69.0 Å². The highest BCUT2D eigenvalue weighted by atomic mass is 19.2. The lowest BCUT2D eigenvalue weighted by atomic mass is 9.89. The number of piperidine rings is 1. The zero-order chi connectivity index (χ0) is 27.2. The molecule has 0 aromatic heterocycles. The van der Waals surface area contributed by atoms with Crippen LogP contribution < -0.4 is 5.32 Å². The molecule has 2 heterocycles. The molecule has 2 fully saturated rings. The summed E-state index contributed by atoms with van der Waals surface area (Å²) in [6.45, 7) is 6.45. The Bertz CT molecular complexity index is 1160. The van der Waals surface area contributed by atoms with Crippen molar-refractivity contribution in [3.63, 3.8) is 0 Å². The first-order valence-corrected chi connectivity index (χ1v) is 13.3. The van der Waals surface area contributed by atoms with Gasteiger partial charge in [-0.3, -0.25) is 9.59 Å². The van der Waals surface area contributed by atoms with E-state index < -0.39 is 23.8 Å². The maximum Gasteiger partial charge on any atom is 0.417 e. The van der Waals surface area contributed by atoms with Crippen LogP contribution in [0.5, 0.6) is 0 Å². The zero-order valence-electron chi connectivity index (χ0n) is 21.9. The van der Waals surface area contributed by atoms with Crippen molar-refractivity contribution in [2.45, 2.75) is 57.9 Å². The van der Waals surface area contributed by atoms with E-state index in [1.165, 1.54) is 11.6 Å². The molecule has 204 valence electrons. The number of cyclic esters (lactones) is 1. The minimum atomic E-state index is -1.02. The second-order valence-corrected chi connectivity index (χ2v) is 10.4. The van der Waals surface area contributed by atoms with Gasteiger partial charge < -0.3 is 15.0 Å². The van der Waals surface area contributed by atoms with E-state index in [0.717, 1.165) is 61.6 Å². The molecule has 0 spiro atoms. The summed E-state index contributed by atoms with van der Waals surface area (Å²) < 4.78 is 32.0. The number of hydrogen-bond acceptors (Lipinski definition) is 5. The van der Waals surface area contributed by atoms with Crippen LogP contribution in [0.25, 0.3) is 0 Å². The zero-order valence-corrected chi connectivity index (χ0v) is 21.9. The summed E-state index contributed by atoms with van der Waals surface area (Å²) in [6, 6.07) is 10.7. The Morgan fingerprint density at radius 3 is 2.50 bits per heavy atom. The quantitative estimate of drug-likeness (QED) is 0.428. The normalized spacial score (nSPS) is 18.6. The molecule has 4 rings (SSSR count). The molecule has 0 unspecified atom stereocenters. The SMILES string of the molecule is CC(C)C(=O)Nc1cccc(C2CCN(CCCCC(=O)N3C(=O)OC[C@@H]3c3ccc(F)c(F)c3)CC2)c1. The molecular formula is C29H35F2N3O4. The average molecular weight is 528 g/mol. The van der Waals surface area contributed by atoms with Crippen molar-refractivity contribution in [3.8, 4) is 0 Å². The van der Waals surface area contributed by atoms with Gasteiger partial charge in [-0.25, -0.2) is 18.5 Å². The van der Waals surface area contributed by atoms with Crippen LogP contribution in [0.3, 0.4) is 0 Å². The fourth-order valence-electron chi connectivity index (χ4n) is 5.04. The first-order chi connectivity index (χ1) is 18.2. The second-order valence-electron chi connectivity index (χ2n) is 10.4. The number of benzene rings is 2. The molecule has 3 amide bonds. The Kier molecular flexibility index (Phi) is 9.09. The van der Waals surface area contributed by atoms with Gasteiger partial charge in [-0.15, -0.1) is 0 Å². The molecule has 2 saturated heterocycles. The summed E-state index contributed by atoms with van der Waals surface area (Å²) in [6.07, 6.45) is 2.91. The van der Waals surface area contributed by atoms with Crippen molar-refractivity contribution >= 4 is 23.6 Å². The Labute approximate surface area is 222 Å². The Hall–Kier alpha value is -3.33. The fraction of sp³-hybridized carbons (Fsp3) is 0.483. The fourth-order valence-corrected chi connectivity index (χ4v) is 5.04. The van der Waals surface area contributed by atoms with Crippen LogP contribution in [-0.4, -0.2) is 53.9 Å². The maximum absolute atomic E-state index is 13.7. The number of unbranched alkanes of at least 4 members (excludes halogenated alkanes) is 1. The number of anilines is 1. The number of hydrogen-bond donors (Lipinski definition) is 1. The van der Waals surface area contributed by atoms with E-state index in [4.69, 9.17) is 4.74 Å². The van der Waals surface area contributed by atoms with E-state index in [2.05, 4.69) is 22.3 Å². The van der Waals surface area contributed by atoms with Crippen molar-refractivity contribution in [2.24, 2.45) is 5.92 Å². The number of amides is 3. The minimum absolute atomic E-state index is 0.0111. The first kappa shape index (κ1) is 27.7. The summed E-state index contributed by atoms with van der Waals surface area (Å²) in [4.78, 5) is 40.4. The molecule has 0 bridgehead atoms. The van der Waals surface area contributed by atoms with E-state index in [1.54, 1.807) is 0 Å². The highest BCUT2D eigenvalue weighted by molar-refractivity contribution is 5.93. The van der Waals surface area contributed by atoms with Gasteiger partial charge in [-0.2, -0.15) is 0 Å². The third-order valence-corrected chi connectivity index (χ3v) is 7.32. The lowest BCUT2D eigenvalue weighted by Crippen LogP contribution is -2.35. The standard InChI is InChI=1S/C29H35F2N3O4/c1-19(2)28(36)32-23-7-5-6-21(16-23)20-11-14-33(15-12-20)13-4-3-8-27(35)34-26(18-38-29(34)37)22-9-10-24(30)25(31)17-22/h5-7,9-10,16-17,19-20,26H,3-4,8,11-15,18H2,1-2H3,(H,32,36)/t26-/m1/s1. The number of nitrogens with zero attached hydrogens (tertiary/aromatic N) is 2. The lowest BCUT2D eigenvalue weighted by Gasteiger charge is -2.32. The highest BCUT2D eigenvalue weighted by Gasteiger charge is 2.38. The van der Waals surface area contributed by atoms with E-state index in [1.807, 2.05) is 26.0 Å². The number of halogens is 2. The molecule has 0 aliphatic carbocycles. The third kappa shape index (κ3) is 6.75. The Balaban J connectivity index is 1.21. The summed E-state index contributed by atoms with van der Waals surface area (Å²) in [5.41, 5.74) is 2.41. The predicted molar refractivity (Wildman–Crippen MR) is 139 cm³/mol. The Morgan fingerprint density at radius 2 is 1.79 bits per heavy atom. The maximum atomic E-state index is 13.7. The molecule has 2 aliphatic rings. The van der Waals surface area contributed by atoms with Crippen molar-refractivity contribution in [3.05, 3.63) is 65.2 Å². The summed E-state index contributed by atoms with van der Waals surface area (Å²) in [5.74, 6) is -1.99. The molecule has 2 aliphatic heterocycles. The van der Waals surface area contributed by atoms with Gasteiger partial charge >= 0.3 is 6.09 Å². The molecule has 2 aromatic carbocycles. The number of likely N-dealkylation sites (tertiary alicyclic amines) is 1. The smallest absolute Gasteiger partial charge is 0.417 e. The molecule has 0 radical (unpaired) electrons. The molecule has 2 aromatic rings. The van der Waals surface area contributed by atoms with E-state index in [0.29, 0.717) is 17.9 Å². The molecule has 9 heteroatoms. The van der Waals surface area contributed by atoms with Crippen molar-refractivity contribution in [2.75, 3.05) is 31.6 Å². The van der Waals surface area contributed by atoms with E-state index in [-0.39, 0.29) is 30.8 Å². The monoisotopic (exact) mass is 527 g/mol. The van der Waals surface area contributed by atoms with Gasteiger partial charge in [0.1, 0.15) is 12.6 Å². The van der Waals surface area contributed by atoms with Crippen LogP contribution >= 0.6 is 0 Å². The van der Waals surface area contributed by atoms with Crippen LogP contribution in [0.2, 0.25) is 0 Å². The Morgan fingerprint density at radius 1 is 1.03 bits per heavy atom. The summed E-state index contributed by atoms with van der Waals surface area (Å²) in [5, 5.41) is 2.97. The van der Waals surface area contributed by atoms with Gasteiger partial charge in [0, 0.05) is 18.0 Å². The highest BCUT2D eigenvalue weighted by Crippen LogP contribution is 2.31. The number of rotatable bonds is 9. The van der Waals surface area contributed by atoms with Crippen LogP contribution in [0.15, 0.2) is 42.5 Å². The van der Waals surface area contributed by atoms with Crippen LogP contribution in [0.4, 0.5) is 19.3 Å². The van der Waals surface area contributed by atoms with Crippen molar-refractivity contribution in [1.29, 1.82) is 0 Å². The van der Waals surface area contributed by atoms with Crippen LogP contribution in [0, 0.1) is 17.6 Å². The largest absolute Gasteiger partial charge is 0.446 e. The first-order valence-electron chi connectivity index (χ1n) is 13.3. The van der Waals surface area contributed by atoms with Gasteiger partial charge in [0.2, 0.25) is 11.8 Å². The molecule has 0 saturated carbocycles. The van der Waals surface area contributed by atoms with Gasteiger partial charge in [0.05, 0.1) is 0 Å². The van der Waals surface area contributed by atoms with Gasteiger partial charge in [-0.05, 0) is 86.6 Å². The third-order valence-electron chi connectivity index (χ3n) is 7.32. The number of imide groups is 1. The van der Waals surface area contributed by atoms with Crippen molar-refractivity contribution < 1.29 is 27.9 Å². The topological polar surface area (TPSA) is 79.0 Å². The van der Waals surface area contributed by atoms with Crippen molar-refractivity contribution in [1.82, 2.24) is 9.80 Å². The molecular weight excluding hydrogens is 492 g/mol. The molecule has 7 nitrogen and oxygen atoms in total.